The highest BCUT2D eigenvalue weighted by Gasteiger charge is 2.07. The van der Waals surface area contributed by atoms with E-state index in [-0.39, 0.29) is 0 Å². The third-order valence-corrected chi connectivity index (χ3v) is 4.11. The monoisotopic (exact) mass is 267 g/mol. The lowest BCUT2D eigenvalue weighted by Gasteiger charge is -1.95. The Morgan fingerprint density at radius 1 is 0.947 bits per heavy atom. The van der Waals surface area contributed by atoms with Gasteiger partial charge in [-0.25, -0.2) is 4.21 Å². The smallest absolute Gasteiger partial charge is 0.0797 e. The van der Waals surface area contributed by atoms with Crippen LogP contribution in [0, 0.1) is 0 Å². The molecule has 19 heavy (non-hydrogen) atoms. The second-order valence-electron chi connectivity index (χ2n) is 4.21. The number of H-pyrrole nitrogens is 1. The number of aromatic amines is 1. The molecule has 1 unspecified atom stereocenters. The van der Waals surface area contributed by atoms with Crippen molar-refractivity contribution in [3.8, 4) is 0 Å². The molecule has 0 saturated carbocycles. The molecule has 3 rings (SSSR count). The zero-order chi connectivity index (χ0) is 13.1. The fourth-order valence-electron chi connectivity index (χ4n) is 1.99. The maximum atomic E-state index is 12.3. The molecule has 1 heterocycles. The summed E-state index contributed by atoms with van der Waals surface area (Å²) in [6.45, 7) is 0. The van der Waals surface area contributed by atoms with Crippen LogP contribution in [0.15, 0.2) is 71.1 Å². The van der Waals surface area contributed by atoms with E-state index in [1.165, 1.54) is 0 Å². The first-order valence-electron chi connectivity index (χ1n) is 6.04. The van der Waals surface area contributed by atoms with E-state index in [9.17, 15) is 4.21 Å². The van der Waals surface area contributed by atoms with Gasteiger partial charge in [0.05, 0.1) is 15.7 Å². The lowest BCUT2D eigenvalue weighted by atomic mass is 10.2. The predicted octanol–water partition coefficient (Wildman–Crippen LogP) is 3.95. The van der Waals surface area contributed by atoms with E-state index in [1.54, 1.807) is 5.41 Å². The van der Waals surface area contributed by atoms with Crippen LogP contribution in [0.2, 0.25) is 0 Å². The van der Waals surface area contributed by atoms with Crippen molar-refractivity contribution < 1.29 is 4.21 Å². The van der Waals surface area contributed by atoms with Crippen molar-refractivity contribution >= 4 is 27.8 Å². The van der Waals surface area contributed by atoms with Crippen LogP contribution in [0.4, 0.5) is 0 Å². The van der Waals surface area contributed by atoms with Gasteiger partial charge < -0.3 is 4.98 Å². The minimum atomic E-state index is -1.14. The van der Waals surface area contributed by atoms with E-state index in [4.69, 9.17) is 0 Å². The number of fused-ring (bicyclic) bond motifs is 1. The SMILES string of the molecule is O=S(/C=C/c1ccccc1)c1c[nH]c2ccccc12. The average Bonchev–Trinajstić information content (AvgIpc) is 2.90. The maximum absolute atomic E-state index is 12.3. The highest BCUT2D eigenvalue weighted by atomic mass is 32.2. The van der Waals surface area contributed by atoms with Gasteiger partial charge in [-0.3, -0.25) is 0 Å². The number of benzene rings is 2. The molecule has 2 aromatic carbocycles. The van der Waals surface area contributed by atoms with Gasteiger partial charge in [-0.1, -0.05) is 48.5 Å². The Morgan fingerprint density at radius 3 is 2.53 bits per heavy atom. The third kappa shape index (κ3) is 2.51. The van der Waals surface area contributed by atoms with Crippen LogP contribution in [0.25, 0.3) is 17.0 Å². The Bertz CT molecular complexity index is 744. The van der Waals surface area contributed by atoms with Gasteiger partial charge in [-0.05, 0) is 17.7 Å². The van der Waals surface area contributed by atoms with Crippen molar-refractivity contribution in [3.63, 3.8) is 0 Å². The van der Waals surface area contributed by atoms with Gasteiger partial charge in [0.15, 0.2) is 0 Å². The molecule has 94 valence electrons. The van der Waals surface area contributed by atoms with Crippen molar-refractivity contribution in [1.29, 1.82) is 0 Å². The molecular formula is C16H13NOS. The minimum Gasteiger partial charge on any atom is -0.360 e. The topological polar surface area (TPSA) is 32.9 Å². The molecule has 0 aliphatic heterocycles. The van der Waals surface area contributed by atoms with Gasteiger partial charge in [0.1, 0.15) is 0 Å². The largest absolute Gasteiger partial charge is 0.360 e. The lowest BCUT2D eigenvalue weighted by molar-refractivity contribution is 0.689. The molecular weight excluding hydrogens is 254 g/mol. The first-order valence-corrected chi connectivity index (χ1v) is 7.26. The van der Waals surface area contributed by atoms with Crippen LogP contribution in [-0.2, 0) is 10.8 Å². The molecule has 0 aliphatic carbocycles. The number of nitrogens with one attached hydrogen (secondary N) is 1. The van der Waals surface area contributed by atoms with E-state index in [0.29, 0.717) is 0 Å². The van der Waals surface area contributed by atoms with Crippen LogP contribution < -0.4 is 0 Å². The van der Waals surface area contributed by atoms with E-state index >= 15 is 0 Å². The van der Waals surface area contributed by atoms with Gasteiger partial charge >= 0.3 is 0 Å². The second-order valence-corrected chi connectivity index (χ2v) is 5.52. The molecule has 0 bridgehead atoms. The molecule has 1 N–H and O–H groups in total. The zero-order valence-electron chi connectivity index (χ0n) is 10.2. The summed E-state index contributed by atoms with van der Waals surface area (Å²) in [6.07, 6.45) is 3.70. The summed E-state index contributed by atoms with van der Waals surface area (Å²) < 4.78 is 12.3. The fraction of sp³-hybridized carbons (Fsp3) is 0. The van der Waals surface area contributed by atoms with Gasteiger partial charge in [-0.15, -0.1) is 0 Å². The molecule has 1 atom stereocenters. The third-order valence-electron chi connectivity index (χ3n) is 2.95. The van der Waals surface area contributed by atoms with Gasteiger partial charge in [0.2, 0.25) is 0 Å². The normalized spacial score (nSPS) is 13.1. The van der Waals surface area contributed by atoms with Gasteiger partial charge in [-0.2, -0.15) is 0 Å². The van der Waals surface area contributed by atoms with Crippen LogP contribution in [0.3, 0.4) is 0 Å². The Labute approximate surface area is 114 Å². The quantitative estimate of drug-likeness (QED) is 0.766. The number of hydrogen-bond donors (Lipinski definition) is 1. The summed E-state index contributed by atoms with van der Waals surface area (Å²) in [5.41, 5.74) is 2.06. The molecule has 0 spiro atoms. The number of para-hydroxylation sites is 1. The second kappa shape index (κ2) is 5.24. The Morgan fingerprint density at radius 2 is 1.68 bits per heavy atom. The average molecular weight is 267 g/mol. The van der Waals surface area contributed by atoms with E-state index in [2.05, 4.69) is 4.98 Å². The van der Waals surface area contributed by atoms with Crippen molar-refractivity contribution in [1.82, 2.24) is 4.98 Å². The summed E-state index contributed by atoms with van der Waals surface area (Å²) in [5.74, 6) is 0. The van der Waals surface area contributed by atoms with E-state index in [1.807, 2.05) is 66.9 Å². The summed E-state index contributed by atoms with van der Waals surface area (Å²) >= 11 is 0. The Balaban J connectivity index is 1.91. The minimum absolute atomic E-state index is 0.822. The number of rotatable bonds is 3. The van der Waals surface area contributed by atoms with Crippen LogP contribution >= 0.6 is 0 Å². The van der Waals surface area contributed by atoms with Crippen LogP contribution in [-0.4, -0.2) is 9.19 Å². The summed E-state index contributed by atoms with van der Waals surface area (Å²) in [6, 6.07) is 17.8. The number of hydrogen-bond acceptors (Lipinski definition) is 1. The van der Waals surface area contributed by atoms with E-state index < -0.39 is 10.8 Å². The lowest BCUT2D eigenvalue weighted by Crippen LogP contribution is -1.83. The molecule has 1 aromatic heterocycles. The molecule has 0 saturated heterocycles. The molecule has 0 amide bonds. The van der Waals surface area contributed by atoms with Crippen LogP contribution in [0.1, 0.15) is 5.56 Å². The highest BCUT2D eigenvalue weighted by Crippen LogP contribution is 2.21. The predicted molar refractivity (Wildman–Crippen MR) is 80.2 cm³/mol. The Kier molecular flexibility index (Phi) is 3.29. The first-order chi connectivity index (χ1) is 9.34. The summed E-state index contributed by atoms with van der Waals surface area (Å²) in [5, 5.41) is 2.74. The van der Waals surface area contributed by atoms with Crippen molar-refractivity contribution in [2.75, 3.05) is 0 Å². The molecule has 0 radical (unpaired) electrons. The summed E-state index contributed by atoms with van der Waals surface area (Å²) in [4.78, 5) is 3.96. The fourth-order valence-corrected chi connectivity index (χ4v) is 2.99. The van der Waals surface area contributed by atoms with Crippen LogP contribution in [0.5, 0.6) is 0 Å². The van der Waals surface area contributed by atoms with Crippen molar-refractivity contribution in [3.05, 3.63) is 71.8 Å². The van der Waals surface area contributed by atoms with Gasteiger partial charge in [0.25, 0.3) is 0 Å². The molecule has 3 heteroatoms. The number of aromatic nitrogens is 1. The van der Waals surface area contributed by atoms with Crippen molar-refractivity contribution in [2.45, 2.75) is 4.90 Å². The maximum Gasteiger partial charge on any atom is 0.0797 e. The summed E-state index contributed by atoms with van der Waals surface area (Å²) in [7, 11) is -1.14. The van der Waals surface area contributed by atoms with E-state index in [0.717, 1.165) is 21.4 Å². The standard InChI is InChI=1S/C16H13NOS/c18-19(11-10-13-6-2-1-3-7-13)16-12-17-15-9-5-4-8-14(15)16/h1-12,17H/b11-10+. The van der Waals surface area contributed by atoms with Crippen molar-refractivity contribution in [2.24, 2.45) is 0 Å². The Hall–Kier alpha value is -2.13. The van der Waals surface area contributed by atoms with Gasteiger partial charge in [0, 0.05) is 22.5 Å². The highest BCUT2D eigenvalue weighted by molar-refractivity contribution is 7.88. The molecule has 0 fully saturated rings. The first kappa shape index (κ1) is 11.9. The molecule has 2 nitrogen and oxygen atoms in total. The zero-order valence-corrected chi connectivity index (χ0v) is 11.1. The molecule has 3 aromatic rings. The molecule has 0 aliphatic rings.